The second-order valence-corrected chi connectivity index (χ2v) is 26.0. The van der Waals surface area contributed by atoms with E-state index in [1.165, 1.54) is 16.8 Å². The molecule has 0 saturated heterocycles. The van der Waals surface area contributed by atoms with E-state index < -0.39 is 28.1 Å². The Hall–Kier alpha value is -2.74. The molecule has 0 spiro atoms. The number of fused-ring (bicyclic) bond motifs is 2. The number of carbonyl (C=O) groups excluding carboxylic acids is 2. The first-order chi connectivity index (χ1) is 21.5. The van der Waals surface area contributed by atoms with Crippen molar-refractivity contribution in [1.29, 1.82) is 0 Å². The summed E-state index contributed by atoms with van der Waals surface area (Å²) in [6, 6.07) is 8.84. The summed E-state index contributed by atoms with van der Waals surface area (Å²) in [5.74, 6) is -0.283. The summed E-state index contributed by atoms with van der Waals surface area (Å²) < 4.78 is 0. The standard InChI is InChI=1S/C33H50N2O2Si2.2C2H4O2.Co/c1-21(2)28-16-26(38(5,6)7)14-24(31(28)36)19-34-30-13-23-11-12-33(30,18-23)35-20-25-15-27(39(8,9)10)17-29(22(3)4)32(25)37;2*1-2(3)4;/h14-17,19-23,30,36-37H,11-13,18H2,1-10H3;2*1H3,(H,3,4);/q;;;+2/p-2. The minimum atomic E-state index is -1.56. The number of benzene rings is 2. The fourth-order valence-electron chi connectivity index (χ4n) is 6.27. The fourth-order valence-corrected chi connectivity index (χ4v) is 8.63. The Labute approximate surface area is 300 Å². The van der Waals surface area contributed by atoms with Gasteiger partial charge in [-0.25, -0.2) is 0 Å². The van der Waals surface area contributed by atoms with Gasteiger partial charge in [0.15, 0.2) is 0 Å². The number of carboxylic acids is 2. The molecule has 3 unspecified atom stereocenters. The van der Waals surface area contributed by atoms with Crippen molar-refractivity contribution in [3.8, 4) is 11.5 Å². The zero-order valence-corrected chi connectivity index (χ0v) is 33.9. The number of phenolic OH excluding ortho intramolecular Hbond substituents is 2. The quantitative estimate of drug-likeness (QED) is 0.294. The van der Waals surface area contributed by atoms with Crippen molar-refractivity contribution in [1.82, 2.24) is 0 Å². The first-order valence-electron chi connectivity index (χ1n) is 16.7. The number of carboxylic acid groups (broad SMARTS) is 2. The van der Waals surface area contributed by atoms with Crippen molar-refractivity contribution < 1.29 is 46.8 Å². The van der Waals surface area contributed by atoms with E-state index in [0.717, 1.165) is 55.4 Å². The minimum Gasteiger partial charge on any atom is -0.550 e. The average molecular weight is 740 g/mol. The van der Waals surface area contributed by atoms with E-state index >= 15 is 0 Å². The Kier molecular flexibility index (Phi) is 15.6. The van der Waals surface area contributed by atoms with Crippen LogP contribution in [0.5, 0.6) is 11.5 Å². The smallest absolute Gasteiger partial charge is 0.550 e. The first kappa shape index (κ1) is 43.3. The molecule has 8 nitrogen and oxygen atoms in total. The fraction of sp³-hybridized carbons (Fsp3) is 0.568. The zero-order valence-electron chi connectivity index (χ0n) is 30.9. The van der Waals surface area contributed by atoms with E-state index in [2.05, 4.69) is 91.2 Å². The Bertz CT molecular complexity index is 1470. The van der Waals surface area contributed by atoms with E-state index in [-0.39, 0.29) is 40.2 Å². The summed E-state index contributed by atoms with van der Waals surface area (Å²) in [4.78, 5) is 28.2. The van der Waals surface area contributed by atoms with Gasteiger partial charge in [0, 0.05) is 35.5 Å². The van der Waals surface area contributed by atoms with Gasteiger partial charge < -0.3 is 30.0 Å². The molecule has 3 atom stereocenters. The summed E-state index contributed by atoms with van der Waals surface area (Å²) in [7, 11) is -3.12. The van der Waals surface area contributed by atoms with Crippen molar-refractivity contribution in [2.45, 2.75) is 130 Å². The van der Waals surface area contributed by atoms with Crippen LogP contribution in [-0.4, -0.2) is 62.3 Å². The minimum absolute atomic E-state index is 0. The maximum atomic E-state index is 11.2. The van der Waals surface area contributed by atoms with Gasteiger partial charge in [-0.2, -0.15) is 0 Å². The van der Waals surface area contributed by atoms with Gasteiger partial charge >= 0.3 is 16.8 Å². The number of nitrogens with zero attached hydrogens (tertiary/aromatic N) is 2. The molecule has 2 aromatic rings. The second kappa shape index (κ2) is 17.3. The van der Waals surface area contributed by atoms with Crippen molar-refractivity contribution in [2.75, 3.05) is 0 Å². The molecule has 2 saturated carbocycles. The number of hydrogen-bond donors (Lipinski definition) is 2. The van der Waals surface area contributed by atoms with Crippen LogP contribution >= 0.6 is 0 Å². The van der Waals surface area contributed by atoms with Gasteiger partial charge in [-0.05, 0) is 68.4 Å². The van der Waals surface area contributed by atoms with E-state index in [1.54, 1.807) is 0 Å². The molecule has 48 heavy (non-hydrogen) atoms. The first-order valence-corrected chi connectivity index (χ1v) is 23.7. The predicted octanol–water partition coefficient (Wildman–Crippen LogP) is 4.79. The third-order valence-electron chi connectivity index (χ3n) is 8.97. The third-order valence-corrected chi connectivity index (χ3v) is 13.0. The van der Waals surface area contributed by atoms with Gasteiger partial charge in [-0.3, -0.25) is 9.98 Å². The molecule has 0 heterocycles. The molecule has 267 valence electrons. The van der Waals surface area contributed by atoms with Crippen LogP contribution in [0.15, 0.2) is 34.3 Å². The molecular formula is C37H56CoN2O6Si2. The van der Waals surface area contributed by atoms with Crippen LogP contribution in [0.4, 0.5) is 0 Å². The van der Waals surface area contributed by atoms with E-state index in [9.17, 15) is 10.2 Å². The van der Waals surface area contributed by atoms with Gasteiger partial charge in [0.1, 0.15) is 11.5 Å². The second-order valence-electron chi connectivity index (χ2n) is 15.8. The summed E-state index contributed by atoms with van der Waals surface area (Å²) in [6.07, 6.45) is 8.18. The number of rotatable bonds is 8. The van der Waals surface area contributed by atoms with E-state index in [1.807, 2.05) is 12.4 Å². The van der Waals surface area contributed by atoms with E-state index in [4.69, 9.17) is 29.8 Å². The maximum absolute atomic E-state index is 11.2. The summed E-state index contributed by atoms with van der Waals surface area (Å²) in [5, 5.41) is 42.8. The molecule has 4 rings (SSSR count). The molecule has 2 aliphatic rings. The van der Waals surface area contributed by atoms with Gasteiger partial charge in [-0.15, -0.1) is 0 Å². The molecule has 11 heteroatoms. The van der Waals surface area contributed by atoms with Crippen LogP contribution in [0.3, 0.4) is 0 Å². The number of carbonyl (C=O) groups is 2. The third kappa shape index (κ3) is 11.7. The number of aromatic hydroxyl groups is 2. The van der Waals surface area contributed by atoms with Crippen LogP contribution in [0.2, 0.25) is 39.3 Å². The van der Waals surface area contributed by atoms with Gasteiger partial charge in [0.2, 0.25) is 0 Å². The van der Waals surface area contributed by atoms with Gasteiger partial charge in [0.25, 0.3) is 0 Å². The molecule has 2 bridgehead atoms. The van der Waals surface area contributed by atoms with Crippen molar-refractivity contribution in [3.05, 3.63) is 46.5 Å². The molecule has 2 aromatic carbocycles. The molecule has 2 N–H and O–H groups in total. The normalized spacial score (nSPS) is 20.4. The number of hydrogen-bond acceptors (Lipinski definition) is 8. The molecule has 0 aromatic heterocycles. The monoisotopic (exact) mass is 739 g/mol. The zero-order chi connectivity index (χ0) is 36.1. The van der Waals surface area contributed by atoms with Crippen LogP contribution in [0.1, 0.15) is 101 Å². The topological polar surface area (TPSA) is 145 Å². The largest absolute Gasteiger partial charge is 2.00 e. The van der Waals surface area contributed by atoms with Gasteiger partial charge in [0.05, 0.1) is 27.7 Å². The molecule has 2 fully saturated rings. The molecule has 0 amide bonds. The maximum Gasteiger partial charge on any atom is 2.00 e. The van der Waals surface area contributed by atoms with Crippen molar-refractivity contribution in [2.24, 2.45) is 15.9 Å². The predicted molar refractivity (Wildman–Crippen MR) is 195 cm³/mol. The molecule has 2 aliphatic carbocycles. The van der Waals surface area contributed by atoms with Crippen LogP contribution < -0.4 is 20.6 Å². The molecule has 0 aliphatic heterocycles. The Morgan fingerprint density at radius 3 is 1.56 bits per heavy atom. The van der Waals surface area contributed by atoms with E-state index in [0.29, 0.717) is 17.4 Å². The van der Waals surface area contributed by atoms with Crippen LogP contribution in [0, 0.1) is 5.92 Å². The average Bonchev–Trinajstić information content (AvgIpc) is 3.48. The Morgan fingerprint density at radius 2 is 1.21 bits per heavy atom. The number of aliphatic carboxylic acids is 2. The van der Waals surface area contributed by atoms with Gasteiger partial charge in [-0.1, -0.05) is 102 Å². The van der Waals surface area contributed by atoms with Crippen LogP contribution in [0.25, 0.3) is 0 Å². The van der Waals surface area contributed by atoms with Crippen LogP contribution in [-0.2, 0) is 26.4 Å². The number of phenols is 2. The Morgan fingerprint density at radius 1 is 0.812 bits per heavy atom. The van der Waals surface area contributed by atoms with Crippen molar-refractivity contribution in [3.63, 3.8) is 0 Å². The summed E-state index contributed by atoms with van der Waals surface area (Å²) in [5.41, 5.74) is 3.47. The summed E-state index contributed by atoms with van der Waals surface area (Å²) >= 11 is 0. The number of aliphatic imine (C=N–C) groups is 2. The Balaban J connectivity index is 0.00000115. The van der Waals surface area contributed by atoms with Crippen molar-refractivity contribution >= 4 is 50.9 Å². The molecular weight excluding hydrogens is 684 g/mol. The summed E-state index contributed by atoms with van der Waals surface area (Å²) in [6.45, 7) is 24.6. The SMILES string of the molecule is CC(=O)[O-].CC(=O)[O-].CC(C)c1cc([Si](C)(C)C)cc(C=NC2CC3CCC2(N=Cc2cc([Si](C)(C)C)cc(C(C)C)c2O)C3)c1O.[Co+2]. The molecule has 1 radical (unpaired) electrons.